The van der Waals surface area contributed by atoms with E-state index in [4.69, 9.17) is 11.6 Å². The van der Waals surface area contributed by atoms with Gasteiger partial charge in [-0.3, -0.25) is 4.99 Å². The molecule has 2 rings (SSSR count). The first-order valence-corrected chi connectivity index (χ1v) is 7.52. The summed E-state index contributed by atoms with van der Waals surface area (Å²) in [6, 6.07) is 4.47. The average Bonchev–Trinajstić information content (AvgIpc) is 2.68. The Labute approximate surface area is 122 Å². The van der Waals surface area contributed by atoms with Crippen LogP contribution >= 0.6 is 23.4 Å². The molecule has 1 atom stereocenters. The monoisotopic (exact) mass is 300 g/mol. The van der Waals surface area contributed by atoms with Gasteiger partial charge in [-0.2, -0.15) is 0 Å². The lowest BCUT2D eigenvalue weighted by molar-refractivity contribution is 0.375. The second-order valence-corrected chi connectivity index (χ2v) is 7.63. The number of nitrogens with zero attached hydrogens (tertiary/aromatic N) is 1. The summed E-state index contributed by atoms with van der Waals surface area (Å²) in [6.45, 7) is 7.44. The minimum Gasteiger partial charge on any atom is -0.333 e. The molecule has 19 heavy (non-hydrogen) atoms. The van der Waals surface area contributed by atoms with Gasteiger partial charge >= 0.3 is 0 Å². The molecule has 1 aromatic rings. The Kier molecular flexibility index (Phi) is 4.41. The molecule has 1 aliphatic rings. The molecule has 0 bridgehead atoms. The van der Waals surface area contributed by atoms with Crippen molar-refractivity contribution in [1.82, 2.24) is 0 Å². The van der Waals surface area contributed by atoms with Gasteiger partial charge in [0.05, 0.1) is 12.2 Å². The van der Waals surface area contributed by atoms with Crippen LogP contribution in [-0.4, -0.2) is 17.0 Å². The lowest BCUT2D eigenvalue weighted by atomic mass is 9.90. The fraction of sp³-hybridized carbons (Fsp3) is 0.500. The van der Waals surface area contributed by atoms with Gasteiger partial charge in [0, 0.05) is 10.3 Å². The molecule has 0 fully saturated rings. The molecule has 1 aliphatic heterocycles. The molecule has 1 N–H and O–H groups in total. The smallest absolute Gasteiger partial charge is 0.161 e. The summed E-state index contributed by atoms with van der Waals surface area (Å²) in [5.41, 5.74) is 0.666. The van der Waals surface area contributed by atoms with Crippen LogP contribution in [0.2, 0.25) is 5.02 Å². The van der Waals surface area contributed by atoms with Crippen LogP contribution in [-0.2, 0) is 0 Å². The quantitative estimate of drug-likeness (QED) is 0.848. The molecule has 0 saturated heterocycles. The predicted molar refractivity (Wildman–Crippen MR) is 82.8 cm³/mol. The highest BCUT2D eigenvalue weighted by atomic mass is 35.5. The number of anilines is 1. The van der Waals surface area contributed by atoms with Crippen LogP contribution < -0.4 is 5.32 Å². The van der Waals surface area contributed by atoms with Crippen LogP contribution in [0.5, 0.6) is 0 Å². The lowest BCUT2D eigenvalue weighted by Gasteiger charge is -2.21. The molecule has 1 aromatic carbocycles. The predicted octanol–water partition coefficient (Wildman–Crippen LogP) is 4.80. The fourth-order valence-electron chi connectivity index (χ4n) is 1.98. The molecule has 0 aromatic heterocycles. The Morgan fingerprint density at radius 3 is 2.89 bits per heavy atom. The Bertz CT molecular complexity index is 497. The van der Waals surface area contributed by atoms with Crippen LogP contribution in [0.15, 0.2) is 23.2 Å². The van der Waals surface area contributed by atoms with E-state index in [1.54, 1.807) is 17.8 Å². The molecule has 1 heterocycles. The van der Waals surface area contributed by atoms with Crippen molar-refractivity contribution in [2.24, 2.45) is 10.4 Å². The van der Waals surface area contributed by atoms with Crippen molar-refractivity contribution < 1.29 is 4.39 Å². The average molecular weight is 301 g/mol. The van der Waals surface area contributed by atoms with Crippen molar-refractivity contribution in [2.45, 2.75) is 32.4 Å². The minimum absolute atomic E-state index is 0.282. The molecule has 1 unspecified atom stereocenters. The number of amidine groups is 1. The highest BCUT2D eigenvalue weighted by Crippen LogP contribution is 2.33. The molecule has 0 amide bonds. The molecular formula is C14H18ClFN2S. The van der Waals surface area contributed by atoms with Crippen LogP contribution in [0.3, 0.4) is 0 Å². The van der Waals surface area contributed by atoms with E-state index in [-0.39, 0.29) is 11.2 Å². The highest BCUT2D eigenvalue weighted by Gasteiger charge is 2.25. The van der Waals surface area contributed by atoms with Gasteiger partial charge in [-0.05, 0) is 30.0 Å². The normalized spacial score (nSPS) is 19.4. The van der Waals surface area contributed by atoms with Gasteiger partial charge in [-0.1, -0.05) is 44.1 Å². The zero-order chi connectivity index (χ0) is 14.0. The van der Waals surface area contributed by atoms with Gasteiger partial charge in [0.1, 0.15) is 5.82 Å². The van der Waals surface area contributed by atoms with Gasteiger partial charge in [0.25, 0.3) is 0 Å². The Morgan fingerprint density at radius 2 is 2.21 bits per heavy atom. The number of aliphatic imine (C=N–C) groups is 1. The van der Waals surface area contributed by atoms with E-state index in [2.05, 4.69) is 31.1 Å². The molecule has 0 radical (unpaired) electrons. The van der Waals surface area contributed by atoms with Crippen molar-refractivity contribution in [2.75, 3.05) is 11.9 Å². The zero-order valence-electron chi connectivity index (χ0n) is 11.3. The third kappa shape index (κ3) is 4.39. The fourth-order valence-corrected chi connectivity index (χ4v) is 3.52. The first-order valence-electron chi connectivity index (χ1n) is 6.27. The van der Waals surface area contributed by atoms with E-state index in [1.165, 1.54) is 12.1 Å². The third-order valence-corrected chi connectivity index (χ3v) is 4.07. The van der Waals surface area contributed by atoms with Crippen LogP contribution in [0, 0.1) is 11.2 Å². The number of rotatable bonds is 2. The van der Waals surface area contributed by atoms with Crippen molar-refractivity contribution in [1.29, 1.82) is 0 Å². The molecule has 2 nitrogen and oxygen atoms in total. The van der Waals surface area contributed by atoms with E-state index in [1.807, 2.05) is 0 Å². The van der Waals surface area contributed by atoms with Crippen LogP contribution in [0.25, 0.3) is 0 Å². The second-order valence-electron chi connectivity index (χ2n) is 5.90. The van der Waals surface area contributed by atoms with Crippen molar-refractivity contribution in [3.8, 4) is 0 Å². The number of hydrogen-bond donors (Lipinski definition) is 1. The third-order valence-electron chi connectivity index (χ3n) is 2.73. The Morgan fingerprint density at radius 1 is 1.47 bits per heavy atom. The number of benzene rings is 1. The summed E-state index contributed by atoms with van der Waals surface area (Å²) in [5, 5.41) is 4.77. The number of halogens is 2. The van der Waals surface area contributed by atoms with Gasteiger partial charge in [0.2, 0.25) is 0 Å². The first kappa shape index (κ1) is 14.7. The van der Waals surface area contributed by atoms with E-state index in [9.17, 15) is 4.39 Å². The van der Waals surface area contributed by atoms with Crippen molar-refractivity contribution in [3.63, 3.8) is 0 Å². The van der Waals surface area contributed by atoms with Crippen molar-refractivity contribution in [3.05, 3.63) is 29.0 Å². The number of nitrogens with one attached hydrogen (secondary N) is 1. The summed E-state index contributed by atoms with van der Waals surface area (Å²) in [5.74, 6) is -0.313. The summed E-state index contributed by atoms with van der Waals surface area (Å²) < 4.78 is 13.6. The van der Waals surface area contributed by atoms with Gasteiger partial charge < -0.3 is 5.32 Å². The maximum absolute atomic E-state index is 13.6. The molecule has 0 saturated carbocycles. The van der Waals surface area contributed by atoms with E-state index in [0.29, 0.717) is 16.0 Å². The van der Waals surface area contributed by atoms with Crippen molar-refractivity contribution >= 4 is 34.2 Å². The second kappa shape index (κ2) is 5.71. The molecule has 0 aliphatic carbocycles. The maximum atomic E-state index is 13.6. The van der Waals surface area contributed by atoms with E-state index < -0.39 is 0 Å². The van der Waals surface area contributed by atoms with Crippen LogP contribution in [0.1, 0.15) is 27.2 Å². The topological polar surface area (TPSA) is 24.4 Å². The van der Waals surface area contributed by atoms with Gasteiger partial charge in [0.15, 0.2) is 5.17 Å². The Hall–Kier alpha value is -0.740. The molecular weight excluding hydrogens is 283 g/mol. The lowest BCUT2D eigenvalue weighted by Crippen LogP contribution is -2.16. The standard InChI is InChI=1S/C14H18ClFN2S/c1-14(2,3)7-10-8-17-13(19-10)18-12-6-9(15)4-5-11(12)16/h4-6,10H,7-8H2,1-3H3,(H,17,18). The van der Waals surface area contributed by atoms with E-state index >= 15 is 0 Å². The number of hydrogen-bond acceptors (Lipinski definition) is 3. The minimum atomic E-state index is -0.313. The first-order chi connectivity index (χ1) is 8.83. The number of thioether (sulfide) groups is 1. The maximum Gasteiger partial charge on any atom is 0.161 e. The summed E-state index contributed by atoms with van der Waals surface area (Å²) in [7, 11) is 0. The van der Waals surface area contributed by atoms with E-state index in [0.717, 1.165) is 18.1 Å². The Balaban J connectivity index is 1.97. The SMILES string of the molecule is CC(C)(C)CC1CN=C(Nc2cc(Cl)ccc2F)S1. The summed E-state index contributed by atoms with van der Waals surface area (Å²) in [6.07, 6.45) is 1.09. The zero-order valence-corrected chi connectivity index (χ0v) is 12.9. The largest absolute Gasteiger partial charge is 0.333 e. The van der Waals surface area contributed by atoms with Gasteiger partial charge in [-0.15, -0.1) is 0 Å². The van der Waals surface area contributed by atoms with Crippen LogP contribution in [0.4, 0.5) is 10.1 Å². The molecule has 104 valence electrons. The highest BCUT2D eigenvalue weighted by molar-refractivity contribution is 8.15. The summed E-state index contributed by atoms with van der Waals surface area (Å²) >= 11 is 7.54. The molecule has 0 spiro atoms. The van der Waals surface area contributed by atoms with Gasteiger partial charge in [-0.25, -0.2) is 4.39 Å². The molecule has 5 heteroatoms. The summed E-state index contributed by atoms with van der Waals surface area (Å²) in [4.78, 5) is 4.43.